The maximum atomic E-state index is 12.6. The summed E-state index contributed by atoms with van der Waals surface area (Å²) >= 11 is 4.77. The third-order valence-corrected chi connectivity index (χ3v) is 6.19. The smallest absolute Gasteiger partial charge is 0.227 e. The van der Waals surface area contributed by atoms with Gasteiger partial charge in [-0.15, -0.1) is 10.2 Å². The molecular formula is C22H21BrN4O2S. The van der Waals surface area contributed by atoms with E-state index in [1.165, 1.54) is 11.3 Å². The molecule has 1 aliphatic rings. The van der Waals surface area contributed by atoms with Gasteiger partial charge in [-0.25, -0.2) is 0 Å². The van der Waals surface area contributed by atoms with Crippen LogP contribution >= 0.6 is 27.3 Å². The fourth-order valence-electron chi connectivity index (χ4n) is 3.09. The topological polar surface area (TPSA) is 75.2 Å². The second-order valence-corrected chi connectivity index (χ2v) is 9.13. The van der Waals surface area contributed by atoms with Gasteiger partial charge in [-0.1, -0.05) is 69.7 Å². The van der Waals surface area contributed by atoms with E-state index in [2.05, 4.69) is 31.4 Å². The minimum absolute atomic E-state index is 0.118. The lowest BCUT2D eigenvalue weighted by Crippen LogP contribution is -2.34. The fourth-order valence-corrected chi connectivity index (χ4v) is 4.25. The van der Waals surface area contributed by atoms with Crippen molar-refractivity contribution in [3.8, 4) is 10.6 Å². The molecule has 154 valence electrons. The molecular weight excluding hydrogens is 464 g/mol. The molecule has 0 spiro atoms. The Bertz CT molecular complexity index is 1040. The Morgan fingerprint density at radius 1 is 1.10 bits per heavy atom. The summed E-state index contributed by atoms with van der Waals surface area (Å²) < 4.78 is 0.958. The van der Waals surface area contributed by atoms with E-state index in [0.717, 1.165) is 33.4 Å². The molecule has 0 atom stereocenters. The maximum absolute atomic E-state index is 12.6. The van der Waals surface area contributed by atoms with Gasteiger partial charge >= 0.3 is 0 Å². The number of rotatable bonds is 8. The van der Waals surface area contributed by atoms with E-state index in [4.69, 9.17) is 0 Å². The third-order valence-electron chi connectivity index (χ3n) is 4.81. The van der Waals surface area contributed by atoms with Crippen LogP contribution in [-0.2, 0) is 16.1 Å². The van der Waals surface area contributed by atoms with Crippen LogP contribution in [0.25, 0.3) is 10.6 Å². The number of anilines is 1. The van der Waals surface area contributed by atoms with Crippen molar-refractivity contribution in [2.24, 2.45) is 5.92 Å². The molecule has 1 aromatic heterocycles. The van der Waals surface area contributed by atoms with Crippen molar-refractivity contribution in [3.05, 3.63) is 64.6 Å². The van der Waals surface area contributed by atoms with Gasteiger partial charge in [0.2, 0.25) is 16.9 Å². The van der Waals surface area contributed by atoms with Crippen molar-refractivity contribution in [2.75, 3.05) is 11.9 Å². The predicted molar refractivity (Wildman–Crippen MR) is 121 cm³/mol. The van der Waals surface area contributed by atoms with E-state index in [0.29, 0.717) is 18.2 Å². The monoisotopic (exact) mass is 484 g/mol. The largest absolute Gasteiger partial charge is 0.338 e. The first-order valence-corrected chi connectivity index (χ1v) is 11.4. The van der Waals surface area contributed by atoms with E-state index < -0.39 is 0 Å². The summed E-state index contributed by atoms with van der Waals surface area (Å²) in [4.78, 5) is 26.9. The van der Waals surface area contributed by atoms with Crippen LogP contribution in [0.5, 0.6) is 0 Å². The predicted octanol–water partition coefficient (Wildman–Crippen LogP) is 4.74. The number of hydrogen-bond donors (Lipinski definition) is 1. The summed E-state index contributed by atoms with van der Waals surface area (Å²) in [7, 11) is 0. The van der Waals surface area contributed by atoms with E-state index in [1.54, 1.807) is 4.90 Å². The summed E-state index contributed by atoms with van der Waals surface area (Å²) in [5, 5.41) is 12.2. The van der Waals surface area contributed by atoms with Gasteiger partial charge in [-0.2, -0.15) is 0 Å². The molecule has 0 saturated heterocycles. The Morgan fingerprint density at radius 2 is 1.90 bits per heavy atom. The number of nitrogens with zero attached hydrogens (tertiary/aromatic N) is 3. The van der Waals surface area contributed by atoms with Gasteiger partial charge in [0, 0.05) is 35.5 Å². The number of halogens is 1. The lowest BCUT2D eigenvalue weighted by atomic mass is 10.2. The number of benzene rings is 2. The third kappa shape index (κ3) is 5.52. The lowest BCUT2D eigenvalue weighted by Gasteiger charge is -2.22. The Labute approximate surface area is 187 Å². The Kier molecular flexibility index (Phi) is 6.54. The average Bonchev–Trinajstić information content (AvgIpc) is 3.50. The average molecular weight is 485 g/mol. The fraction of sp³-hybridized carbons (Fsp3) is 0.273. The number of hydrogen-bond acceptors (Lipinski definition) is 5. The van der Waals surface area contributed by atoms with Crippen LogP contribution in [-0.4, -0.2) is 33.5 Å². The van der Waals surface area contributed by atoms with E-state index in [9.17, 15) is 9.59 Å². The van der Waals surface area contributed by atoms with Crippen LogP contribution in [0, 0.1) is 5.92 Å². The van der Waals surface area contributed by atoms with Crippen molar-refractivity contribution in [3.63, 3.8) is 0 Å². The van der Waals surface area contributed by atoms with Crippen molar-refractivity contribution in [1.29, 1.82) is 0 Å². The number of carbonyl (C=O) groups excluding carboxylic acids is 2. The summed E-state index contributed by atoms with van der Waals surface area (Å²) in [6.07, 6.45) is 2.11. The molecule has 0 radical (unpaired) electrons. The summed E-state index contributed by atoms with van der Waals surface area (Å²) in [6.45, 7) is 0.905. The Morgan fingerprint density at radius 3 is 2.63 bits per heavy atom. The molecule has 6 nitrogen and oxygen atoms in total. The zero-order chi connectivity index (χ0) is 20.9. The minimum Gasteiger partial charge on any atom is -0.338 e. The van der Waals surface area contributed by atoms with Crippen molar-refractivity contribution in [1.82, 2.24) is 15.1 Å². The highest BCUT2D eigenvalue weighted by atomic mass is 79.9. The molecule has 1 heterocycles. The van der Waals surface area contributed by atoms with Crippen LogP contribution in [0.3, 0.4) is 0 Å². The van der Waals surface area contributed by atoms with Gasteiger partial charge < -0.3 is 10.2 Å². The molecule has 0 bridgehead atoms. The highest BCUT2D eigenvalue weighted by Crippen LogP contribution is 2.32. The zero-order valence-electron chi connectivity index (χ0n) is 16.3. The number of aromatic nitrogens is 2. The Balaban J connectivity index is 1.35. The normalized spacial score (nSPS) is 13.1. The summed E-state index contributed by atoms with van der Waals surface area (Å²) in [5.41, 5.74) is 2.00. The molecule has 1 saturated carbocycles. The molecule has 0 unspecified atom stereocenters. The number of carbonyl (C=O) groups is 2. The van der Waals surface area contributed by atoms with Crippen LogP contribution in [0.4, 0.5) is 5.13 Å². The molecule has 1 N–H and O–H groups in total. The second kappa shape index (κ2) is 9.49. The SMILES string of the molecule is O=C(CCN(Cc1ccccc1)C(=O)C1CC1)Nc1nnc(-c2cccc(Br)c2)s1. The van der Waals surface area contributed by atoms with Gasteiger partial charge in [-0.3, -0.25) is 9.59 Å². The summed E-state index contributed by atoms with van der Waals surface area (Å²) in [5.74, 6) is 0.0841. The van der Waals surface area contributed by atoms with Gasteiger partial charge in [0.25, 0.3) is 0 Å². The molecule has 1 aliphatic carbocycles. The first kappa shape index (κ1) is 20.7. The van der Waals surface area contributed by atoms with E-state index in [1.807, 2.05) is 54.6 Å². The highest BCUT2D eigenvalue weighted by Gasteiger charge is 2.33. The van der Waals surface area contributed by atoms with Crippen molar-refractivity contribution in [2.45, 2.75) is 25.8 Å². The van der Waals surface area contributed by atoms with Gasteiger partial charge in [0.1, 0.15) is 5.01 Å². The quantitative estimate of drug-likeness (QED) is 0.501. The molecule has 8 heteroatoms. The van der Waals surface area contributed by atoms with E-state index >= 15 is 0 Å². The molecule has 2 amide bonds. The first-order valence-electron chi connectivity index (χ1n) is 9.80. The lowest BCUT2D eigenvalue weighted by molar-refractivity contribution is -0.133. The maximum Gasteiger partial charge on any atom is 0.227 e. The molecule has 0 aliphatic heterocycles. The van der Waals surface area contributed by atoms with Gasteiger partial charge in [0.15, 0.2) is 0 Å². The van der Waals surface area contributed by atoms with Gasteiger partial charge in [0.05, 0.1) is 0 Å². The van der Waals surface area contributed by atoms with Crippen LogP contribution < -0.4 is 5.32 Å². The molecule has 3 aromatic rings. The second-order valence-electron chi connectivity index (χ2n) is 7.24. The van der Waals surface area contributed by atoms with Crippen LogP contribution in [0.2, 0.25) is 0 Å². The first-order chi connectivity index (χ1) is 14.6. The molecule has 2 aromatic carbocycles. The highest BCUT2D eigenvalue weighted by molar-refractivity contribution is 9.10. The molecule has 4 rings (SSSR count). The minimum atomic E-state index is -0.173. The molecule has 1 fully saturated rings. The van der Waals surface area contributed by atoms with Crippen LogP contribution in [0.15, 0.2) is 59.1 Å². The van der Waals surface area contributed by atoms with E-state index in [-0.39, 0.29) is 24.2 Å². The zero-order valence-corrected chi connectivity index (χ0v) is 18.7. The summed E-state index contributed by atoms with van der Waals surface area (Å²) in [6, 6.07) is 17.6. The van der Waals surface area contributed by atoms with Crippen molar-refractivity contribution >= 4 is 44.2 Å². The van der Waals surface area contributed by atoms with Crippen LogP contribution in [0.1, 0.15) is 24.8 Å². The number of amides is 2. The van der Waals surface area contributed by atoms with Gasteiger partial charge in [-0.05, 0) is 30.5 Å². The Hall–Kier alpha value is -2.58. The van der Waals surface area contributed by atoms with Crippen molar-refractivity contribution < 1.29 is 9.59 Å². The standard InChI is InChI=1S/C22H21BrN4O2S/c23-18-8-4-7-17(13-18)20-25-26-22(30-20)24-19(28)11-12-27(21(29)16-9-10-16)14-15-5-2-1-3-6-15/h1-8,13,16H,9-12,14H2,(H,24,26,28). The molecule has 30 heavy (non-hydrogen) atoms. The number of nitrogens with one attached hydrogen (secondary N) is 1.